The lowest BCUT2D eigenvalue weighted by atomic mass is 10.2. The van der Waals surface area contributed by atoms with Gasteiger partial charge in [0.25, 0.3) is 0 Å². The molecule has 8 nitrogen and oxygen atoms in total. The summed E-state index contributed by atoms with van der Waals surface area (Å²) in [6.45, 7) is 1.99. The van der Waals surface area contributed by atoms with Crippen LogP contribution in [0.4, 0.5) is 5.69 Å². The summed E-state index contributed by atoms with van der Waals surface area (Å²) in [5.41, 5.74) is 1.38. The molecular weight excluding hydrogens is 466 g/mol. The van der Waals surface area contributed by atoms with Gasteiger partial charge in [-0.3, -0.25) is 4.79 Å². The van der Waals surface area contributed by atoms with Crippen molar-refractivity contribution in [3.8, 4) is 21.1 Å². The summed E-state index contributed by atoms with van der Waals surface area (Å²) in [4.78, 5) is 27.2. The van der Waals surface area contributed by atoms with Crippen molar-refractivity contribution in [3.05, 3.63) is 58.8 Å². The first-order valence-electron chi connectivity index (χ1n) is 9.60. The number of rotatable bonds is 8. The Labute approximate surface area is 196 Å². The highest BCUT2D eigenvalue weighted by molar-refractivity contribution is 7.99. The molecular formula is C21H19N5O3S3. The van der Waals surface area contributed by atoms with Crippen molar-refractivity contribution in [3.63, 3.8) is 0 Å². The van der Waals surface area contributed by atoms with Crippen LogP contribution in [0.2, 0.25) is 0 Å². The van der Waals surface area contributed by atoms with Gasteiger partial charge in [0.1, 0.15) is 4.88 Å². The van der Waals surface area contributed by atoms with E-state index in [0.717, 1.165) is 27.1 Å². The average molecular weight is 486 g/mol. The van der Waals surface area contributed by atoms with Gasteiger partial charge in [-0.2, -0.15) is 0 Å². The van der Waals surface area contributed by atoms with Crippen molar-refractivity contribution in [1.29, 1.82) is 0 Å². The van der Waals surface area contributed by atoms with Gasteiger partial charge >= 0.3 is 5.97 Å². The Morgan fingerprint density at radius 3 is 2.69 bits per heavy atom. The second-order valence-electron chi connectivity index (χ2n) is 6.43. The molecule has 0 radical (unpaired) electrons. The maximum absolute atomic E-state index is 12.6. The van der Waals surface area contributed by atoms with Crippen LogP contribution >= 0.6 is 34.4 Å². The SMILES string of the molecule is CCOC(=O)c1sc(-c2ccccc2)cc1NC(=O)CSc1nnc(-c2cccs2)n1N. The van der Waals surface area contributed by atoms with Crippen LogP contribution in [-0.2, 0) is 9.53 Å². The number of hydrogen-bond donors (Lipinski definition) is 2. The van der Waals surface area contributed by atoms with E-state index in [1.54, 1.807) is 13.0 Å². The fourth-order valence-electron chi connectivity index (χ4n) is 2.84. The van der Waals surface area contributed by atoms with E-state index >= 15 is 0 Å². The summed E-state index contributed by atoms with van der Waals surface area (Å²) < 4.78 is 6.53. The average Bonchev–Trinajstić information content (AvgIpc) is 3.53. The van der Waals surface area contributed by atoms with Crippen molar-refractivity contribution >= 4 is 52.0 Å². The van der Waals surface area contributed by atoms with E-state index in [1.165, 1.54) is 27.3 Å². The molecule has 0 unspecified atom stereocenters. The van der Waals surface area contributed by atoms with Crippen molar-refractivity contribution in [2.45, 2.75) is 12.1 Å². The Hall–Kier alpha value is -3.15. The summed E-state index contributed by atoms with van der Waals surface area (Å²) in [5, 5.41) is 13.3. The number of thiophene rings is 2. The minimum absolute atomic E-state index is 0.0541. The summed E-state index contributed by atoms with van der Waals surface area (Å²) in [7, 11) is 0. The van der Waals surface area contributed by atoms with Crippen LogP contribution in [0.15, 0.2) is 59.1 Å². The first-order valence-corrected chi connectivity index (χ1v) is 12.3. The lowest BCUT2D eigenvalue weighted by molar-refractivity contribution is -0.113. The van der Waals surface area contributed by atoms with Crippen LogP contribution in [0.1, 0.15) is 16.6 Å². The zero-order valence-corrected chi connectivity index (χ0v) is 19.4. The van der Waals surface area contributed by atoms with Gasteiger partial charge in [0.2, 0.25) is 11.1 Å². The van der Waals surface area contributed by atoms with Crippen molar-refractivity contribution in [2.24, 2.45) is 0 Å². The summed E-state index contributed by atoms with van der Waals surface area (Å²) in [6, 6.07) is 15.2. The molecule has 0 aliphatic rings. The summed E-state index contributed by atoms with van der Waals surface area (Å²) >= 11 is 3.95. The third-order valence-electron chi connectivity index (χ3n) is 4.26. The third-order valence-corrected chi connectivity index (χ3v) is 7.24. The molecule has 1 amide bonds. The molecule has 0 aliphatic carbocycles. The second-order valence-corrected chi connectivity index (χ2v) is 9.37. The number of nitrogens with two attached hydrogens (primary N) is 1. The first-order chi connectivity index (χ1) is 15.6. The summed E-state index contributed by atoms with van der Waals surface area (Å²) in [5.74, 6) is 5.92. The number of esters is 1. The number of aromatic nitrogens is 3. The minimum Gasteiger partial charge on any atom is -0.462 e. The number of carbonyl (C=O) groups is 2. The molecule has 164 valence electrons. The monoisotopic (exact) mass is 485 g/mol. The van der Waals surface area contributed by atoms with Crippen LogP contribution in [0, 0.1) is 0 Å². The number of thioether (sulfide) groups is 1. The number of nitrogens with zero attached hydrogens (tertiary/aromatic N) is 3. The molecule has 0 aliphatic heterocycles. The van der Waals surface area contributed by atoms with Crippen molar-refractivity contribution in [2.75, 3.05) is 23.5 Å². The van der Waals surface area contributed by atoms with E-state index < -0.39 is 5.97 Å². The lowest BCUT2D eigenvalue weighted by Gasteiger charge is -2.06. The van der Waals surface area contributed by atoms with E-state index in [9.17, 15) is 9.59 Å². The number of ether oxygens (including phenoxy) is 1. The van der Waals surface area contributed by atoms with E-state index in [0.29, 0.717) is 21.5 Å². The van der Waals surface area contributed by atoms with E-state index in [4.69, 9.17) is 10.6 Å². The molecule has 3 heterocycles. The number of nitrogen functional groups attached to an aromatic ring is 1. The Morgan fingerprint density at radius 2 is 1.97 bits per heavy atom. The topological polar surface area (TPSA) is 112 Å². The normalized spacial score (nSPS) is 10.8. The van der Waals surface area contributed by atoms with E-state index in [-0.39, 0.29) is 18.3 Å². The first kappa shape index (κ1) is 22.1. The van der Waals surface area contributed by atoms with Crippen molar-refractivity contribution < 1.29 is 14.3 Å². The Morgan fingerprint density at radius 1 is 1.16 bits per heavy atom. The largest absolute Gasteiger partial charge is 0.462 e. The van der Waals surface area contributed by atoms with Crippen LogP contribution in [0.25, 0.3) is 21.1 Å². The Bertz CT molecular complexity index is 1220. The lowest BCUT2D eigenvalue weighted by Crippen LogP contribution is -2.17. The van der Waals surface area contributed by atoms with Crippen molar-refractivity contribution in [1.82, 2.24) is 14.9 Å². The minimum atomic E-state index is -0.468. The Kier molecular flexibility index (Phi) is 6.88. The molecule has 11 heteroatoms. The fourth-order valence-corrected chi connectivity index (χ4v) is 5.22. The number of amides is 1. The van der Waals surface area contributed by atoms with Crippen LogP contribution < -0.4 is 11.2 Å². The molecule has 3 aromatic heterocycles. The molecule has 3 N–H and O–H groups in total. The van der Waals surface area contributed by atoms with Crippen LogP contribution in [0.3, 0.4) is 0 Å². The molecule has 4 rings (SSSR count). The smallest absolute Gasteiger partial charge is 0.350 e. The van der Waals surface area contributed by atoms with Crippen LogP contribution in [0.5, 0.6) is 0 Å². The number of hydrogen-bond acceptors (Lipinski definition) is 9. The van der Waals surface area contributed by atoms with Gasteiger partial charge in [-0.05, 0) is 30.0 Å². The highest BCUT2D eigenvalue weighted by atomic mass is 32.2. The van der Waals surface area contributed by atoms with Crippen LogP contribution in [-0.4, -0.2) is 39.1 Å². The van der Waals surface area contributed by atoms with E-state index in [1.807, 2.05) is 47.8 Å². The molecule has 32 heavy (non-hydrogen) atoms. The van der Waals surface area contributed by atoms with Gasteiger partial charge in [-0.1, -0.05) is 48.2 Å². The van der Waals surface area contributed by atoms with Gasteiger partial charge in [0.15, 0.2) is 5.82 Å². The predicted octanol–water partition coefficient (Wildman–Crippen LogP) is 4.36. The second kappa shape index (κ2) is 9.98. The quantitative estimate of drug-likeness (QED) is 0.217. The highest BCUT2D eigenvalue weighted by Crippen LogP contribution is 2.35. The molecule has 0 spiro atoms. The van der Waals surface area contributed by atoms with E-state index in [2.05, 4.69) is 15.5 Å². The predicted molar refractivity (Wildman–Crippen MR) is 129 cm³/mol. The molecule has 0 saturated carbocycles. The molecule has 1 aromatic carbocycles. The fraction of sp³-hybridized carbons (Fsp3) is 0.143. The molecule has 0 bridgehead atoms. The van der Waals surface area contributed by atoms with Gasteiger partial charge in [-0.25, -0.2) is 9.47 Å². The molecule has 0 atom stereocenters. The Balaban J connectivity index is 1.48. The third kappa shape index (κ3) is 4.85. The highest BCUT2D eigenvalue weighted by Gasteiger charge is 2.21. The zero-order valence-electron chi connectivity index (χ0n) is 17.0. The van der Waals surface area contributed by atoms with Gasteiger partial charge in [-0.15, -0.1) is 32.9 Å². The van der Waals surface area contributed by atoms with Gasteiger partial charge in [0, 0.05) is 4.88 Å². The molecule has 4 aromatic rings. The number of benzene rings is 1. The number of nitrogens with one attached hydrogen (secondary N) is 1. The molecule has 0 fully saturated rings. The zero-order chi connectivity index (χ0) is 22.5. The summed E-state index contributed by atoms with van der Waals surface area (Å²) in [6.07, 6.45) is 0. The molecule has 0 saturated heterocycles. The maximum atomic E-state index is 12.6. The van der Waals surface area contributed by atoms with Gasteiger partial charge in [0.05, 0.1) is 22.9 Å². The maximum Gasteiger partial charge on any atom is 0.350 e. The number of anilines is 1. The van der Waals surface area contributed by atoms with Gasteiger partial charge < -0.3 is 15.9 Å². The number of carbonyl (C=O) groups excluding carboxylic acids is 2. The standard InChI is InChI=1S/C21H19N5O3S3/c1-2-29-20(28)18-14(11-16(32-18)13-7-4-3-5-8-13)23-17(27)12-31-21-25-24-19(26(21)22)15-9-6-10-30-15/h3-11H,2,12,22H2,1H3,(H,23,27).